The molecule has 2 aromatic carbocycles. The Morgan fingerprint density at radius 3 is 2.27 bits per heavy atom. The molecule has 7 N–H and O–H groups in total. The number of carbonyl (C=O) groups excluding carboxylic acids is 1. The van der Waals surface area contributed by atoms with Crippen LogP contribution in [0.3, 0.4) is 0 Å². The van der Waals surface area contributed by atoms with Crippen molar-refractivity contribution in [3.8, 4) is 11.1 Å². The fraction of sp³-hybridized carbons (Fsp3) is 0.316. The summed E-state index contributed by atoms with van der Waals surface area (Å²) in [6.45, 7) is -0.583. The average molecular weight is 752 g/mol. The highest BCUT2D eigenvalue weighted by atomic mass is 127. The minimum Gasteiger partial charge on any atom is -0.398 e. The van der Waals surface area contributed by atoms with Crippen LogP contribution in [0.15, 0.2) is 30.3 Å². The zero-order chi connectivity index (χ0) is 22.2. The maximum absolute atomic E-state index is 12.7. The van der Waals surface area contributed by atoms with Gasteiger partial charge in [-0.3, -0.25) is 4.79 Å². The van der Waals surface area contributed by atoms with E-state index >= 15 is 0 Å². The molecule has 5 unspecified atom stereocenters. The molecule has 1 saturated heterocycles. The normalized spacial score (nSPS) is 26.4. The average Bonchev–Trinajstić information content (AvgIpc) is 2.67. The molecule has 0 saturated carbocycles. The molecule has 0 bridgehead atoms. The SMILES string of the molecule is Nc1cc(-c2c(I)cc(I)cc2I)ccc1C(=O)NC1C(O)OC(CO)C(O)C1O. The van der Waals surface area contributed by atoms with Gasteiger partial charge in [0.2, 0.25) is 0 Å². The van der Waals surface area contributed by atoms with E-state index in [0.717, 1.165) is 21.8 Å². The first-order valence-electron chi connectivity index (χ1n) is 8.79. The van der Waals surface area contributed by atoms with Gasteiger partial charge in [-0.15, -0.1) is 0 Å². The van der Waals surface area contributed by atoms with Gasteiger partial charge < -0.3 is 36.2 Å². The molecule has 1 amide bonds. The third kappa shape index (κ3) is 5.02. The highest BCUT2D eigenvalue weighted by molar-refractivity contribution is 14.1. The summed E-state index contributed by atoms with van der Waals surface area (Å²) >= 11 is 6.76. The van der Waals surface area contributed by atoms with Gasteiger partial charge in [0, 0.05) is 22.0 Å². The fourth-order valence-electron chi connectivity index (χ4n) is 3.23. The number of hydrogen-bond donors (Lipinski definition) is 6. The number of aliphatic hydroxyl groups is 4. The number of nitrogens with two attached hydrogens (primary N) is 1. The van der Waals surface area contributed by atoms with Crippen molar-refractivity contribution in [1.82, 2.24) is 5.32 Å². The first-order chi connectivity index (χ1) is 14.1. The molecule has 0 radical (unpaired) electrons. The molecule has 5 atom stereocenters. The first kappa shape index (κ1) is 24.3. The quantitative estimate of drug-likeness (QED) is 0.204. The van der Waals surface area contributed by atoms with E-state index < -0.39 is 43.2 Å². The van der Waals surface area contributed by atoms with E-state index in [9.17, 15) is 20.1 Å². The number of aliphatic hydroxyl groups excluding tert-OH is 4. The van der Waals surface area contributed by atoms with Gasteiger partial charge >= 0.3 is 0 Å². The summed E-state index contributed by atoms with van der Waals surface area (Å²) in [5.41, 5.74) is 8.39. The van der Waals surface area contributed by atoms with E-state index in [2.05, 4.69) is 73.1 Å². The molecule has 1 aliphatic rings. The first-order valence-corrected chi connectivity index (χ1v) is 12.0. The second-order valence-electron chi connectivity index (χ2n) is 6.77. The van der Waals surface area contributed by atoms with E-state index in [4.69, 9.17) is 15.6 Å². The standard InChI is InChI=1S/C19H19I3N2O6/c20-8-4-10(21)14(11(22)5-8)7-1-2-9(12(23)3-7)18(28)24-15-17(27)16(26)13(6-25)30-19(15)29/h1-5,13,15-17,19,25-27,29H,6,23H2,(H,24,28). The predicted molar refractivity (Wildman–Crippen MR) is 136 cm³/mol. The fourth-order valence-corrected chi connectivity index (χ4v) is 7.43. The van der Waals surface area contributed by atoms with Gasteiger partial charge in [0.15, 0.2) is 6.29 Å². The van der Waals surface area contributed by atoms with Crippen LogP contribution in [0.5, 0.6) is 0 Å². The highest BCUT2D eigenvalue weighted by Gasteiger charge is 2.44. The zero-order valence-electron chi connectivity index (χ0n) is 15.3. The minimum atomic E-state index is -1.60. The number of ether oxygens (including phenoxy) is 1. The van der Waals surface area contributed by atoms with Gasteiger partial charge in [-0.25, -0.2) is 0 Å². The van der Waals surface area contributed by atoms with Crippen LogP contribution < -0.4 is 11.1 Å². The van der Waals surface area contributed by atoms with Crippen molar-refractivity contribution >= 4 is 79.4 Å². The molecule has 1 aliphatic heterocycles. The van der Waals surface area contributed by atoms with Crippen LogP contribution in [0.1, 0.15) is 10.4 Å². The zero-order valence-corrected chi connectivity index (χ0v) is 21.8. The highest BCUT2D eigenvalue weighted by Crippen LogP contribution is 2.33. The van der Waals surface area contributed by atoms with E-state index in [1.807, 2.05) is 12.1 Å². The Balaban J connectivity index is 1.83. The second-order valence-corrected chi connectivity index (χ2v) is 10.3. The van der Waals surface area contributed by atoms with Crippen LogP contribution in [0.2, 0.25) is 0 Å². The van der Waals surface area contributed by atoms with Gasteiger partial charge in [-0.1, -0.05) is 6.07 Å². The molecule has 1 fully saturated rings. The maximum atomic E-state index is 12.7. The minimum absolute atomic E-state index is 0.160. The Bertz CT molecular complexity index is 937. The number of hydrogen-bond acceptors (Lipinski definition) is 7. The largest absolute Gasteiger partial charge is 0.398 e. The van der Waals surface area contributed by atoms with E-state index in [1.165, 1.54) is 0 Å². The molecule has 0 aliphatic carbocycles. The second kappa shape index (κ2) is 10.1. The van der Waals surface area contributed by atoms with Gasteiger partial charge in [0.25, 0.3) is 5.91 Å². The Hall–Kier alpha value is -0.300. The molecule has 3 rings (SSSR count). The van der Waals surface area contributed by atoms with Crippen molar-refractivity contribution in [2.45, 2.75) is 30.6 Å². The Kier molecular flexibility index (Phi) is 8.19. The van der Waals surface area contributed by atoms with Crippen LogP contribution >= 0.6 is 67.8 Å². The van der Waals surface area contributed by atoms with Crippen molar-refractivity contribution in [1.29, 1.82) is 0 Å². The van der Waals surface area contributed by atoms with Crippen LogP contribution in [0.4, 0.5) is 5.69 Å². The molecule has 30 heavy (non-hydrogen) atoms. The summed E-state index contributed by atoms with van der Waals surface area (Å²) in [5, 5.41) is 41.8. The topological polar surface area (TPSA) is 145 Å². The molecule has 0 spiro atoms. The Morgan fingerprint density at radius 1 is 1.07 bits per heavy atom. The monoisotopic (exact) mass is 752 g/mol. The smallest absolute Gasteiger partial charge is 0.253 e. The summed E-state index contributed by atoms with van der Waals surface area (Å²) in [6, 6.07) is 7.85. The van der Waals surface area contributed by atoms with Gasteiger partial charge in [-0.2, -0.15) is 0 Å². The van der Waals surface area contributed by atoms with Crippen LogP contribution in [-0.2, 0) is 4.74 Å². The van der Waals surface area contributed by atoms with Gasteiger partial charge in [0.05, 0.1) is 12.2 Å². The molecule has 162 valence electrons. The maximum Gasteiger partial charge on any atom is 0.253 e. The Labute approximate surface area is 213 Å². The van der Waals surface area contributed by atoms with Crippen LogP contribution in [0.25, 0.3) is 11.1 Å². The predicted octanol–water partition coefficient (Wildman–Crippen LogP) is 1.28. The summed E-state index contributed by atoms with van der Waals surface area (Å²) in [4.78, 5) is 12.7. The number of benzene rings is 2. The van der Waals surface area contributed by atoms with Gasteiger partial charge in [0.1, 0.15) is 24.4 Å². The van der Waals surface area contributed by atoms with Crippen molar-refractivity contribution in [3.63, 3.8) is 0 Å². The van der Waals surface area contributed by atoms with Crippen molar-refractivity contribution in [3.05, 3.63) is 46.6 Å². The van der Waals surface area contributed by atoms with E-state index in [1.54, 1.807) is 18.2 Å². The van der Waals surface area contributed by atoms with E-state index in [-0.39, 0.29) is 11.3 Å². The number of carbonyl (C=O) groups is 1. The number of rotatable bonds is 4. The molecule has 11 heteroatoms. The molecule has 2 aromatic rings. The molecule has 1 heterocycles. The lowest BCUT2D eigenvalue weighted by molar-refractivity contribution is -0.252. The molecular formula is C19H19I3N2O6. The molecule has 0 aromatic heterocycles. The summed E-state index contributed by atoms with van der Waals surface area (Å²) in [6.07, 6.45) is -5.73. The lowest BCUT2D eigenvalue weighted by Gasteiger charge is -2.40. The van der Waals surface area contributed by atoms with Gasteiger partial charge in [-0.05, 0) is 97.6 Å². The number of halogens is 3. The van der Waals surface area contributed by atoms with Crippen molar-refractivity contribution < 1.29 is 30.0 Å². The lowest BCUT2D eigenvalue weighted by Crippen LogP contribution is -2.64. The summed E-state index contributed by atoms with van der Waals surface area (Å²) in [7, 11) is 0. The number of nitrogen functional groups attached to an aromatic ring is 1. The number of nitrogens with one attached hydrogen (secondary N) is 1. The Morgan fingerprint density at radius 2 is 1.70 bits per heavy atom. The molecule has 8 nitrogen and oxygen atoms in total. The molecular weight excluding hydrogens is 733 g/mol. The lowest BCUT2D eigenvalue weighted by atomic mass is 9.96. The summed E-state index contributed by atoms with van der Waals surface area (Å²) in [5.74, 6) is -0.632. The van der Waals surface area contributed by atoms with Crippen molar-refractivity contribution in [2.75, 3.05) is 12.3 Å². The van der Waals surface area contributed by atoms with Crippen LogP contribution in [0, 0.1) is 10.7 Å². The third-order valence-electron chi connectivity index (χ3n) is 4.79. The van der Waals surface area contributed by atoms with Crippen molar-refractivity contribution in [2.24, 2.45) is 0 Å². The third-order valence-corrected chi connectivity index (χ3v) is 7.11. The van der Waals surface area contributed by atoms with E-state index in [0.29, 0.717) is 0 Å². The summed E-state index contributed by atoms with van der Waals surface area (Å²) < 4.78 is 8.28. The number of anilines is 1. The van der Waals surface area contributed by atoms with Crippen LogP contribution in [-0.4, -0.2) is 63.6 Å². The number of amides is 1.